The van der Waals surface area contributed by atoms with Crippen molar-refractivity contribution in [2.75, 3.05) is 13.1 Å². The molecule has 2 bridgehead atoms. The second-order valence-corrected chi connectivity index (χ2v) is 5.16. The Bertz CT molecular complexity index is 247. The van der Waals surface area contributed by atoms with Gasteiger partial charge in [-0.1, -0.05) is 0 Å². The van der Waals surface area contributed by atoms with E-state index >= 15 is 0 Å². The molecule has 80 valence electrons. The minimum absolute atomic E-state index is 0.183. The van der Waals surface area contributed by atoms with Gasteiger partial charge < -0.3 is 4.74 Å². The summed E-state index contributed by atoms with van der Waals surface area (Å²) in [6, 6.07) is 0. The van der Waals surface area contributed by atoms with Gasteiger partial charge in [-0.15, -0.1) is 0 Å². The van der Waals surface area contributed by atoms with E-state index in [0.717, 1.165) is 19.5 Å². The lowest BCUT2D eigenvalue weighted by Gasteiger charge is -2.30. The van der Waals surface area contributed by atoms with E-state index in [1.807, 2.05) is 20.8 Å². The van der Waals surface area contributed by atoms with E-state index in [-0.39, 0.29) is 17.9 Å². The number of amides is 1. The first-order chi connectivity index (χ1) is 6.46. The molecule has 2 fully saturated rings. The van der Waals surface area contributed by atoms with Crippen LogP contribution in [0.5, 0.6) is 0 Å². The fourth-order valence-electron chi connectivity index (χ4n) is 2.09. The summed E-state index contributed by atoms with van der Waals surface area (Å²) >= 11 is 0. The number of nitrogens with one attached hydrogen (secondary N) is 1. The summed E-state index contributed by atoms with van der Waals surface area (Å²) in [5.41, 5.74) is -0.390. The van der Waals surface area contributed by atoms with Crippen LogP contribution in [0.1, 0.15) is 27.2 Å². The molecule has 0 aromatic heterocycles. The van der Waals surface area contributed by atoms with Gasteiger partial charge in [0.2, 0.25) is 0 Å². The number of hydrogen-bond donors (Lipinski definition) is 1. The van der Waals surface area contributed by atoms with Crippen molar-refractivity contribution in [1.29, 1.82) is 0 Å². The van der Waals surface area contributed by atoms with Crippen LogP contribution in [-0.4, -0.2) is 35.8 Å². The van der Waals surface area contributed by atoms with Crippen molar-refractivity contribution in [3.05, 3.63) is 0 Å². The summed E-state index contributed by atoms with van der Waals surface area (Å²) in [6.07, 6.45) is 1.12. The van der Waals surface area contributed by atoms with Gasteiger partial charge in [-0.05, 0) is 33.1 Å². The number of nitrogens with zero attached hydrogens (tertiary/aromatic N) is 1. The molecule has 0 radical (unpaired) electrons. The van der Waals surface area contributed by atoms with Crippen LogP contribution in [0.15, 0.2) is 0 Å². The molecule has 0 aliphatic carbocycles. The number of carbonyl (C=O) groups excluding carboxylic acids is 1. The lowest BCUT2D eigenvalue weighted by Crippen LogP contribution is -2.48. The summed E-state index contributed by atoms with van der Waals surface area (Å²) in [7, 11) is 0. The maximum absolute atomic E-state index is 11.7. The smallest absolute Gasteiger partial charge is 0.411 e. The zero-order valence-corrected chi connectivity index (χ0v) is 9.04. The summed E-state index contributed by atoms with van der Waals surface area (Å²) in [5.74, 6) is 0.632. The Hall–Kier alpha value is -0.770. The van der Waals surface area contributed by atoms with E-state index in [9.17, 15) is 4.79 Å². The Balaban J connectivity index is 1.93. The largest absolute Gasteiger partial charge is 0.444 e. The molecule has 4 nitrogen and oxygen atoms in total. The highest BCUT2D eigenvalue weighted by atomic mass is 16.6. The molecule has 1 amide bonds. The van der Waals surface area contributed by atoms with Gasteiger partial charge in [0.05, 0.1) is 6.17 Å². The monoisotopic (exact) mass is 198 g/mol. The Morgan fingerprint density at radius 3 is 2.64 bits per heavy atom. The Labute approximate surface area is 84.6 Å². The average Bonchev–Trinajstić information content (AvgIpc) is 2.59. The van der Waals surface area contributed by atoms with Gasteiger partial charge >= 0.3 is 6.09 Å². The van der Waals surface area contributed by atoms with E-state index in [2.05, 4.69) is 5.32 Å². The van der Waals surface area contributed by atoms with Gasteiger partial charge in [0.15, 0.2) is 0 Å². The quantitative estimate of drug-likeness (QED) is 0.635. The van der Waals surface area contributed by atoms with Crippen molar-refractivity contribution in [1.82, 2.24) is 10.2 Å². The summed E-state index contributed by atoms with van der Waals surface area (Å²) in [4.78, 5) is 13.5. The van der Waals surface area contributed by atoms with E-state index < -0.39 is 0 Å². The predicted octanol–water partition coefficient (Wildman–Crippen LogP) is 1.17. The van der Waals surface area contributed by atoms with Crippen molar-refractivity contribution in [3.63, 3.8) is 0 Å². The van der Waals surface area contributed by atoms with E-state index in [1.165, 1.54) is 0 Å². The van der Waals surface area contributed by atoms with Crippen LogP contribution in [0.25, 0.3) is 0 Å². The predicted molar refractivity (Wildman–Crippen MR) is 52.8 cm³/mol. The molecular weight excluding hydrogens is 180 g/mol. The molecule has 0 aromatic carbocycles. The highest BCUT2D eigenvalue weighted by molar-refractivity contribution is 5.69. The van der Waals surface area contributed by atoms with Crippen LogP contribution in [0, 0.1) is 5.92 Å². The molecule has 2 aliphatic rings. The summed E-state index contributed by atoms with van der Waals surface area (Å²) < 4.78 is 5.32. The number of ether oxygens (including phenoxy) is 1. The first-order valence-electron chi connectivity index (χ1n) is 5.19. The fourth-order valence-corrected chi connectivity index (χ4v) is 2.09. The fraction of sp³-hybridized carbons (Fsp3) is 0.900. The molecule has 0 spiro atoms. The van der Waals surface area contributed by atoms with E-state index in [4.69, 9.17) is 4.74 Å². The van der Waals surface area contributed by atoms with Crippen LogP contribution in [0.2, 0.25) is 0 Å². The Morgan fingerprint density at radius 1 is 1.50 bits per heavy atom. The van der Waals surface area contributed by atoms with Crippen molar-refractivity contribution in [3.8, 4) is 0 Å². The van der Waals surface area contributed by atoms with Crippen LogP contribution >= 0.6 is 0 Å². The third-order valence-corrected chi connectivity index (χ3v) is 2.66. The standard InChI is InChI=1S/C10H18N2O2/c1-10(2,3)14-9(13)12-6-7-4-8(12)11-5-7/h7-8,11H,4-6H2,1-3H3. The number of carbonyl (C=O) groups is 1. The molecular formula is C10H18N2O2. The maximum Gasteiger partial charge on any atom is 0.411 e. The SMILES string of the molecule is CC(C)(C)OC(=O)N1CC2CNC1C2. The first kappa shape index (κ1) is 9.77. The number of likely N-dealkylation sites (tertiary alicyclic amines) is 1. The summed E-state index contributed by atoms with van der Waals surface area (Å²) in [6.45, 7) is 7.59. The average molecular weight is 198 g/mol. The van der Waals surface area contributed by atoms with E-state index in [0.29, 0.717) is 5.92 Å². The molecule has 0 saturated carbocycles. The lowest BCUT2D eigenvalue weighted by molar-refractivity contribution is 0.0172. The second-order valence-electron chi connectivity index (χ2n) is 5.16. The number of hydrogen-bond acceptors (Lipinski definition) is 3. The van der Waals surface area contributed by atoms with Crippen molar-refractivity contribution < 1.29 is 9.53 Å². The number of rotatable bonds is 0. The van der Waals surface area contributed by atoms with Crippen molar-refractivity contribution in [2.45, 2.75) is 39.0 Å². The lowest BCUT2D eigenvalue weighted by atomic mass is 10.2. The third kappa shape index (κ3) is 1.85. The summed E-state index contributed by atoms with van der Waals surface area (Å²) in [5, 5.41) is 3.30. The first-order valence-corrected chi connectivity index (χ1v) is 5.19. The molecule has 4 heteroatoms. The van der Waals surface area contributed by atoms with Crippen LogP contribution in [0.3, 0.4) is 0 Å². The van der Waals surface area contributed by atoms with Gasteiger partial charge in [0.25, 0.3) is 0 Å². The molecule has 14 heavy (non-hydrogen) atoms. The normalized spacial score (nSPS) is 30.9. The molecule has 1 N–H and O–H groups in total. The molecule has 2 aliphatic heterocycles. The third-order valence-electron chi connectivity index (χ3n) is 2.66. The molecule has 2 saturated heterocycles. The van der Waals surface area contributed by atoms with E-state index in [1.54, 1.807) is 4.90 Å². The van der Waals surface area contributed by atoms with Gasteiger partial charge in [-0.2, -0.15) is 0 Å². The topological polar surface area (TPSA) is 41.6 Å². The molecule has 2 heterocycles. The zero-order valence-electron chi connectivity index (χ0n) is 9.04. The van der Waals surface area contributed by atoms with Gasteiger partial charge in [0.1, 0.15) is 5.60 Å². The van der Waals surface area contributed by atoms with Gasteiger partial charge in [0, 0.05) is 13.1 Å². The van der Waals surface area contributed by atoms with Crippen LogP contribution in [0.4, 0.5) is 4.79 Å². The molecule has 0 aromatic rings. The molecule has 2 rings (SSSR count). The molecule has 2 atom stereocenters. The minimum atomic E-state index is -0.390. The van der Waals surface area contributed by atoms with Gasteiger partial charge in [-0.25, -0.2) is 4.79 Å². The van der Waals surface area contributed by atoms with Crippen molar-refractivity contribution >= 4 is 6.09 Å². The minimum Gasteiger partial charge on any atom is -0.444 e. The van der Waals surface area contributed by atoms with Gasteiger partial charge in [-0.3, -0.25) is 10.2 Å². The Kier molecular flexibility index (Phi) is 2.18. The van der Waals surface area contributed by atoms with Crippen LogP contribution in [-0.2, 0) is 4.74 Å². The highest BCUT2D eigenvalue weighted by Crippen LogP contribution is 2.28. The Morgan fingerprint density at radius 2 is 2.21 bits per heavy atom. The maximum atomic E-state index is 11.7. The van der Waals surface area contributed by atoms with Crippen LogP contribution < -0.4 is 5.32 Å². The second kappa shape index (κ2) is 3.12. The number of fused-ring (bicyclic) bond motifs is 2. The highest BCUT2D eigenvalue weighted by Gasteiger charge is 2.41. The van der Waals surface area contributed by atoms with Crippen molar-refractivity contribution in [2.24, 2.45) is 5.92 Å². The molecule has 2 unspecified atom stereocenters. The zero-order chi connectivity index (χ0) is 10.3.